The van der Waals surface area contributed by atoms with Crippen LogP contribution in [0.1, 0.15) is 47.9 Å². The van der Waals surface area contributed by atoms with Crippen LogP contribution in [0, 0.1) is 0 Å². The molecule has 6 rings (SSSR count). The van der Waals surface area contributed by atoms with E-state index in [2.05, 4.69) is 0 Å². The third-order valence-corrected chi connectivity index (χ3v) is 8.94. The van der Waals surface area contributed by atoms with Crippen LogP contribution < -0.4 is 18.9 Å². The minimum Gasteiger partial charge on any atom is -0.497 e. The molecule has 0 spiro atoms. The molecule has 4 aromatic rings. The van der Waals surface area contributed by atoms with Gasteiger partial charge in [0.25, 0.3) is 11.8 Å². The molecule has 2 aliphatic rings. The molecule has 0 fully saturated rings. The van der Waals surface area contributed by atoms with Crippen molar-refractivity contribution >= 4 is 35.6 Å². The maximum Gasteiger partial charge on any atom is 0.278 e. The number of rotatable bonds is 15. The molecule has 0 saturated carbocycles. The first-order chi connectivity index (χ1) is 25.4. The summed E-state index contributed by atoms with van der Waals surface area (Å²) in [6.45, 7) is 1.03. The third kappa shape index (κ3) is 8.24. The maximum absolute atomic E-state index is 13.7. The number of aliphatic imine (C=N–C) groups is 2. The Balaban J connectivity index is 1.11. The molecule has 0 N–H and O–H groups in total. The van der Waals surface area contributed by atoms with Crippen LogP contribution in [-0.2, 0) is 9.59 Å². The van der Waals surface area contributed by atoms with Crippen molar-refractivity contribution in [1.82, 2.24) is 9.80 Å². The van der Waals surface area contributed by atoms with Crippen LogP contribution in [0.5, 0.6) is 23.0 Å². The van der Waals surface area contributed by atoms with Crippen molar-refractivity contribution in [1.29, 1.82) is 0 Å². The summed E-state index contributed by atoms with van der Waals surface area (Å²) in [5.74, 6) is 3.91. The third-order valence-electron chi connectivity index (χ3n) is 8.94. The second-order valence-electron chi connectivity index (χ2n) is 12.3. The topological polar surface area (TPSA) is 102 Å². The Morgan fingerprint density at radius 3 is 1.08 bits per heavy atom. The molecule has 0 bridgehead atoms. The van der Waals surface area contributed by atoms with Crippen LogP contribution in [0.4, 0.5) is 0 Å². The van der Waals surface area contributed by atoms with Gasteiger partial charge in [0, 0.05) is 24.2 Å². The van der Waals surface area contributed by atoms with Crippen LogP contribution in [-0.4, -0.2) is 74.8 Å². The van der Waals surface area contributed by atoms with Gasteiger partial charge < -0.3 is 18.9 Å². The van der Waals surface area contributed by atoms with Gasteiger partial charge in [-0.15, -0.1) is 0 Å². The minimum absolute atomic E-state index is 0.138. The summed E-state index contributed by atoms with van der Waals surface area (Å²) in [6.07, 6.45) is 6.88. The van der Waals surface area contributed by atoms with Gasteiger partial charge in [-0.05, 0) is 109 Å². The van der Waals surface area contributed by atoms with Crippen molar-refractivity contribution in [3.63, 3.8) is 0 Å². The predicted molar refractivity (Wildman–Crippen MR) is 203 cm³/mol. The van der Waals surface area contributed by atoms with Crippen molar-refractivity contribution < 1.29 is 28.5 Å². The van der Waals surface area contributed by atoms with Gasteiger partial charge >= 0.3 is 0 Å². The highest BCUT2D eigenvalue weighted by Gasteiger charge is 2.32. The summed E-state index contributed by atoms with van der Waals surface area (Å²) in [5, 5.41) is 0. The van der Waals surface area contributed by atoms with Crippen LogP contribution in [0.15, 0.2) is 118 Å². The summed E-state index contributed by atoms with van der Waals surface area (Å²) in [6, 6.07) is 30.2. The molecule has 0 aromatic heterocycles. The molecule has 2 aliphatic heterocycles. The molecule has 0 aliphatic carbocycles. The minimum atomic E-state index is -0.138. The quantitative estimate of drug-likeness (QED) is 0.0959. The number of hydrogen-bond donors (Lipinski definition) is 0. The molecule has 10 heteroatoms. The standard InChI is InChI=1S/C42H42N4O6/c1-49-33-17-9-29(10-18-33)27-37-41(47)45(39(43-37)31-13-21-35(51-3)22-14-31)25-7-5-6-8-26-46-40(32-15-23-36(52-4)24-16-32)44-38(42(46)48)28-30-11-19-34(50-2)20-12-30/h9-24,27-28H,5-8,25-26H2,1-4H3. The Labute approximate surface area is 304 Å². The first-order valence-corrected chi connectivity index (χ1v) is 17.2. The van der Waals surface area contributed by atoms with Crippen LogP contribution in [0.25, 0.3) is 12.2 Å². The Kier molecular flexibility index (Phi) is 11.5. The predicted octanol–water partition coefficient (Wildman–Crippen LogP) is 7.24. The lowest BCUT2D eigenvalue weighted by Crippen LogP contribution is -2.34. The van der Waals surface area contributed by atoms with E-state index in [1.54, 1.807) is 50.4 Å². The molecule has 0 saturated heterocycles. The van der Waals surface area contributed by atoms with Gasteiger partial charge in [0.2, 0.25) is 0 Å². The molecule has 266 valence electrons. The molecule has 2 amide bonds. The Morgan fingerprint density at radius 2 is 0.769 bits per heavy atom. The summed E-state index contributed by atoms with van der Waals surface area (Å²) in [4.78, 5) is 40.5. The van der Waals surface area contributed by atoms with Gasteiger partial charge in [-0.3, -0.25) is 19.4 Å². The van der Waals surface area contributed by atoms with E-state index >= 15 is 0 Å². The number of carbonyl (C=O) groups is 2. The summed E-state index contributed by atoms with van der Waals surface area (Å²) < 4.78 is 21.2. The molecular weight excluding hydrogens is 656 g/mol. The zero-order valence-electron chi connectivity index (χ0n) is 29.9. The zero-order chi connectivity index (χ0) is 36.5. The SMILES string of the molecule is COc1ccc(C=C2N=C(c3ccc(OC)cc3)N(CCCCCCN3C(=O)C(=Cc4ccc(OC)cc4)N=C3c3ccc(OC)cc3)C2=O)cc1. The highest BCUT2D eigenvalue weighted by atomic mass is 16.5. The number of unbranched alkanes of at least 4 members (excludes halogenated alkanes) is 3. The number of nitrogens with zero attached hydrogens (tertiary/aromatic N) is 4. The lowest BCUT2D eigenvalue weighted by atomic mass is 10.1. The van der Waals surface area contributed by atoms with Crippen molar-refractivity contribution in [2.75, 3.05) is 41.5 Å². The monoisotopic (exact) mass is 698 g/mol. The number of carbonyl (C=O) groups excluding carboxylic acids is 2. The summed E-state index contributed by atoms with van der Waals surface area (Å²) >= 11 is 0. The second-order valence-corrected chi connectivity index (χ2v) is 12.3. The average molecular weight is 699 g/mol. The van der Waals surface area contributed by atoms with Crippen molar-refractivity contribution in [2.24, 2.45) is 9.98 Å². The normalized spacial score (nSPS) is 15.7. The molecule has 10 nitrogen and oxygen atoms in total. The van der Waals surface area contributed by atoms with Gasteiger partial charge in [0.1, 0.15) is 46.1 Å². The number of amidine groups is 2. The second kappa shape index (κ2) is 16.7. The van der Waals surface area contributed by atoms with E-state index in [4.69, 9.17) is 28.9 Å². The zero-order valence-corrected chi connectivity index (χ0v) is 29.9. The lowest BCUT2D eigenvalue weighted by Gasteiger charge is -2.20. The molecule has 2 heterocycles. The number of amides is 2. The van der Waals surface area contributed by atoms with Gasteiger partial charge in [0.05, 0.1) is 28.4 Å². The van der Waals surface area contributed by atoms with Gasteiger partial charge in [-0.2, -0.15) is 0 Å². The van der Waals surface area contributed by atoms with Crippen molar-refractivity contribution in [3.8, 4) is 23.0 Å². The number of ether oxygens (including phenoxy) is 4. The van der Waals surface area contributed by atoms with Crippen LogP contribution in [0.3, 0.4) is 0 Å². The fourth-order valence-corrected chi connectivity index (χ4v) is 6.05. The smallest absolute Gasteiger partial charge is 0.278 e. The molecule has 0 atom stereocenters. The first kappa shape index (κ1) is 35.7. The molecule has 4 aromatic carbocycles. The summed E-state index contributed by atoms with van der Waals surface area (Å²) in [7, 11) is 6.49. The molecule has 0 unspecified atom stereocenters. The highest BCUT2D eigenvalue weighted by Crippen LogP contribution is 2.27. The number of benzene rings is 4. The largest absolute Gasteiger partial charge is 0.497 e. The molecule has 0 radical (unpaired) electrons. The molecular formula is C42H42N4O6. The Hall–Kier alpha value is -6.16. The lowest BCUT2D eigenvalue weighted by molar-refractivity contribution is -0.123. The Bertz CT molecular complexity index is 1850. The van der Waals surface area contributed by atoms with E-state index < -0.39 is 0 Å². The van der Waals surface area contributed by atoms with Crippen molar-refractivity contribution in [3.05, 3.63) is 131 Å². The number of hydrogen-bond acceptors (Lipinski definition) is 8. The van der Waals surface area contributed by atoms with Gasteiger partial charge in [-0.1, -0.05) is 37.1 Å². The first-order valence-electron chi connectivity index (χ1n) is 17.2. The van der Waals surface area contributed by atoms with Gasteiger partial charge in [-0.25, -0.2) is 9.98 Å². The summed E-state index contributed by atoms with van der Waals surface area (Å²) in [5.41, 5.74) is 4.16. The fourth-order valence-electron chi connectivity index (χ4n) is 6.05. The van der Waals surface area contributed by atoms with Crippen LogP contribution >= 0.6 is 0 Å². The van der Waals surface area contributed by atoms with Crippen molar-refractivity contribution in [2.45, 2.75) is 25.7 Å². The van der Waals surface area contributed by atoms with E-state index in [0.29, 0.717) is 36.2 Å². The molecule has 52 heavy (non-hydrogen) atoms. The van der Waals surface area contributed by atoms with E-state index in [0.717, 1.165) is 70.9 Å². The maximum atomic E-state index is 13.7. The van der Waals surface area contributed by atoms with E-state index in [1.165, 1.54) is 0 Å². The average Bonchev–Trinajstić information content (AvgIpc) is 3.67. The van der Waals surface area contributed by atoms with E-state index in [-0.39, 0.29) is 11.8 Å². The number of methoxy groups -OCH3 is 4. The highest BCUT2D eigenvalue weighted by molar-refractivity contribution is 6.20. The Morgan fingerprint density at radius 1 is 0.462 bits per heavy atom. The van der Waals surface area contributed by atoms with Crippen LogP contribution in [0.2, 0.25) is 0 Å². The van der Waals surface area contributed by atoms with E-state index in [9.17, 15) is 9.59 Å². The van der Waals surface area contributed by atoms with Gasteiger partial charge in [0.15, 0.2) is 0 Å². The van der Waals surface area contributed by atoms with E-state index in [1.807, 2.05) is 97.1 Å². The fraction of sp³-hybridized carbons (Fsp3) is 0.238.